The number of benzene rings is 1. The average Bonchev–Trinajstić information content (AvgIpc) is 2.42. The van der Waals surface area contributed by atoms with Gasteiger partial charge in [0.25, 0.3) is 0 Å². The Bertz CT molecular complexity index is 584. The summed E-state index contributed by atoms with van der Waals surface area (Å²) < 4.78 is 5.92. The molecule has 4 heteroatoms. The second kappa shape index (κ2) is 6.73. The van der Waals surface area contributed by atoms with Gasteiger partial charge in [-0.1, -0.05) is 37.6 Å². The van der Waals surface area contributed by atoms with Crippen molar-refractivity contribution in [3.05, 3.63) is 52.7 Å². The zero-order valence-electron chi connectivity index (χ0n) is 12.0. The lowest BCUT2D eigenvalue weighted by Gasteiger charge is -2.13. The van der Waals surface area contributed by atoms with E-state index in [2.05, 4.69) is 24.1 Å². The van der Waals surface area contributed by atoms with E-state index in [9.17, 15) is 0 Å². The van der Waals surface area contributed by atoms with Gasteiger partial charge in [0.05, 0.1) is 0 Å². The highest BCUT2D eigenvalue weighted by Crippen LogP contribution is 2.28. The van der Waals surface area contributed by atoms with Crippen molar-refractivity contribution in [3.8, 4) is 11.6 Å². The molecule has 1 aromatic carbocycles. The molecule has 1 N–H and O–H groups in total. The fourth-order valence-corrected chi connectivity index (χ4v) is 1.91. The molecule has 0 unspecified atom stereocenters. The Hall–Kier alpha value is -1.58. The normalized spacial score (nSPS) is 10.8. The van der Waals surface area contributed by atoms with Crippen molar-refractivity contribution in [2.45, 2.75) is 33.4 Å². The Morgan fingerprint density at radius 3 is 2.85 bits per heavy atom. The van der Waals surface area contributed by atoms with Crippen LogP contribution in [-0.4, -0.2) is 11.0 Å². The molecule has 0 atom stereocenters. The number of aromatic nitrogens is 1. The van der Waals surface area contributed by atoms with E-state index >= 15 is 0 Å². The van der Waals surface area contributed by atoms with E-state index in [-0.39, 0.29) is 0 Å². The van der Waals surface area contributed by atoms with E-state index in [1.807, 2.05) is 37.3 Å². The zero-order chi connectivity index (χ0) is 14.5. The SMILES string of the molecule is Cc1ccc(Cl)cc1Oc1ncccc1CNC(C)C. The first kappa shape index (κ1) is 14.8. The van der Waals surface area contributed by atoms with Gasteiger partial charge in [-0.25, -0.2) is 4.98 Å². The van der Waals surface area contributed by atoms with Crippen molar-refractivity contribution in [1.82, 2.24) is 10.3 Å². The van der Waals surface area contributed by atoms with Gasteiger partial charge in [0.15, 0.2) is 0 Å². The number of nitrogens with zero attached hydrogens (tertiary/aromatic N) is 1. The number of ether oxygens (including phenoxy) is 1. The second-order valence-electron chi connectivity index (χ2n) is 5.02. The molecule has 0 bridgehead atoms. The van der Waals surface area contributed by atoms with Crippen LogP contribution >= 0.6 is 11.6 Å². The standard InChI is InChI=1S/C16H19ClN2O/c1-11(2)19-10-13-5-4-8-18-16(13)20-15-9-14(17)7-6-12(15)3/h4-9,11,19H,10H2,1-3H3. The number of aryl methyl sites for hydroxylation is 1. The molecule has 0 amide bonds. The average molecular weight is 291 g/mol. The van der Waals surface area contributed by atoms with Crippen LogP contribution in [0.25, 0.3) is 0 Å². The topological polar surface area (TPSA) is 34.1 Å². The highest BCUT2D eigenvalue weighted by Gasteiger charge is 2.08. The molecule has 0 aliphatic rings. The molecule has 0 saturated carbocycles. The first-order valence-corrected chi connectivity index (χ1v) is 7.05. The summed E-state index contributed by atoms with van der Waals surface area (Å²) in [5, 5.41) is 4.02. The third-order valence-electron chi connectivity index (χ3n) is 2.91. The van der Waals surface area contributed by atoms with Crippen molar-refractivity contribution in [3.63, 3.8) is 0 Å². The van der Waals surface area contributed by atoms with Crippen LogP contribution in [0.5, 0.6) is 11.6 Å². The Labute approximate surface area is 124 Å². The molecule has 0 radical (unpaired) electrons. The van der Waals surface area contributed by atoms with Crippen LogP contribution in [0.4, 0.5) is 0 Å². The fraction of sp³-hybridized carbons (Fsp3) is 0.312. The van der Waals surface area contributed by atoms with Crippen molar-refractivity contribution < 1.29 is 4.74 Å². The maximum Gasteiger partial charge on any atom is 0.223 e. The predicted molar refractivity (Wildman–Crippen MR) is 82.5 cm³/mol. The first-order valence-electron chi connectivity index (χ1n) is 6.67. The Morgan fingerprint density at radius 2 is 2.10 bits per heavy atom. The summed E-state index contributed by atoms with van der Waals surface area (Å²) in [6.45, 7) is 6.93. The highest BCUT2D eigenvalue weighted by atomic mass is 35.5. The second-order valence-corrected chi connectivity index (χ2v) is 5.45. The largest absolute Gasteiger partial charge is 0.438 e. The molecule has 1 heterocycles. The molecule has 1 aromatic heterocycles. The monoisotopic (exact) mass is 290 g/mol. The van der Waals surface area contributed by atoms with Gasteiger partial charge < -0.3 is 10.1 Å². The number of rotatable bonds is 5. The molecule has 3 nitrogen and oxygen atoms in total. The van der Waals surface area contributed by atoms with Gasteiger partial charge in [0.1, 0.15) is 5.75 Å². The van der Waals surface area contributed by atoms with Crippen LogP contribution in [0.15, 0.2) is 36.5 Å². The van der Waals surface area contributed by atoms with E-state index in [1.54, 1.807) is 6.20 Å². The summed E-state index contributed by atoms with van der Waals surface area (Å²) in [5.74, 6) is 1.35. The lowest BCUT2D eigenvalue weighted by atomic mass is 10.2. The molecule has 0 aliphatic heterocycles. The number of pyridine rings is 1. The molecular formula is C16H19ClN2O. The van der Waals surface area contributed by atoms with Crippen molar-refractivity contribution in [2.24, 2.45) is 0 Å². The molecule has 106 valence electrons. The maximum atomic E-state index is 6.01. The van der Waals surface area contributed by atoms with E-state index < -0.39 is 0 Å². The first-order chi connectivity index (χ1) is 9.56. The van der Waals surface area contributed by atoms with E-state index in [4.69, 9.17) is 16.3 Å². The number of halogens is 1. The van der Waals surface area contributed by atoms with E-state index in [0.29, 0.717) is 16.9 Å². The lowest BCUT2D eigenvalue weighted by molar-refractivity contribution is 0.447. The molecular weight excluding hydrogens is 272 g/mol. The number of nitrogens with one attached hydrogen (secondary N) is 1. The van der Waals surface area contributed by atoms with Gasteiger partial charge in [-0.05, 0) is 30.7 Å². The summed E-state index contributed by atoms with van der Waals surface area (Å²) in [6.07, 6.45) is 1.73. The summed E-state index contributed by atoms with van der Waals surface area (Å²) in [6, 6.07) is 9.93. The number of hydrogen-bond donors (Lipinski definition) is 1. The molecule has 0 aliphatic carbocycles. The molecule has 2 rings (SSSR count). The molecule has 0 saturated heterocycles. The van der Waals surface area contributed by atoms with Crippen LogP contribution in [0.3, 0.4) is 0 Å². The minimum absolute atomic E-state index is 0.413. The Morgan fingerprint density at radius 1 is 1.30 bits per heavy atom. The Balaban J connectivity index is 2.22. The van der Waals surface area contributed by atoms with Crippen LogP contribution in [0, 0.1) is 6.92 Å². The summed E-state index contributed by atoms with van der Waals surface area (Å²) >= 11 is 6.01. The molecule has 20 heavy (non-hydrogen) atoms. The third kappa shape index (κ3) is 3.95. The van der Waals surface area contributed by atoms with Gasteiger partial charge in [-0.15, -0.1) is 0 Å². The summed E-state index contributed by atoms with van der Waals surface area (Å²) in [5.41, 5.74) is 2.06. The number of hydrogen-bond acceptors (Lipinski definition) is 3. The molecule has 2 aromatic rings. The van der Waals surface area contributed by atoms with E-state index in [1.165, 1.54) is 0 Å². The minimum Gasteiger partial charge on any atom is -0.438 e. The zero-order valence-corrected chi connectivity index (χ0v) is 12.7. The van der Waals surface area contributed by atoms with Gasteiger partial charge in [0.2, 0.25) is 5.88 Å². The van der Waals surface area contributed by atoms with Crippen LogP contribution in [-0.2, 0) is 6.54 Å². The quantitative estimate of drug-likeness (QED) is 0.890. The van der Waals surface area contributed by atoms with E-state index in [0.717, 1.165) is 23.4 Å². The van der Waals surface area contributed by atoms with Crippen LogP contribution in [0.2, 0.25) is 5.02 Å². The lowest BCUT2D eigenvalue weighted by Crippen LogP contribution is -2.22. The van der Waals surface area contributed by atoms with Gasteiger partial charge >= 0.3 is 0 Å². The maximum absolute atomic E-state index is 6.01. The van der Waals surface area contributed by atoms with Gasteiger partial charge in [-0.3, -0.25) is 0 Å². The minimum atomic E-state index is 0.413. The van der Waals surface area contributed by atoms with Gasteiger partial charge in [0, 0.05) is 29.4 Å². The fourth-order valence-electron chi connectivity index (χ4n) is 1.75. The van der Waals surface area contributed by atoms with Crippen molar-refractivity contribution in [2.75, 3.05) is 0 Å². The molecule has 0 fully saturated rings. The van der Waals surface area contributed by atoms with Gasteiger partial charge in [-0.2, -0.15) is 0 Å². The predicted octanol–water partition coefficient (Wildman–Crippen LogP) is 4.33. The summed E-state index contributed by atoms with van der Waals surface area (Å²) in [4.78, 5) is 4.32. The highest BCUT2D eigenvalue weighted by molar-refractivity contribution is 6.30. The van der Waals surface area contributed by atoms with Crippen molar-refractivity contribution in [1.29, 1.82) is 0 Å². The summed E-state index contributed by atoms with van der Waals surface area (Å²) in [7, 11) is 0. The molecule has 0 spiro atoms. The third-order valence-corrected chi connectivity index (χ3v) is 3.14. The Kier molecular flexibility index (Phi) is 4.99. The smallest absolute Gasteiger partial charge is 0.223 e. The van der Waals surface area contributed by atoms with Crippen LogP contribution in [0.1, 0.15) is 25.0 Å². The van der Waals surface area contributed by atoms with Crippen molar-refractivity contribution >= 4 is 11.6 Å². The van der Waals surface area contributed by atoms with Crippen LogP contribution < -0.4 is 10.1 Å².